The highest BCUT2D eigenvalue weighted by Gasteiger charge is 2.29. The van der Waals surface area contributed by atoms with Crippen molar-refractivity contribution in [2.45, 2.75) is 41.5 Å². The molecule has 0 unspecified atom stereocenters. The van der Waals surface area contributed by atoms with Gasteiger partial charge in [-0.25, -0.2) is 4.39 Å². The Labute approximate surface area is 169 Å². The van der Waals surface area contributed by atoms with Crippen LogP contribution >= 0.6 is 0 Å². The normalized spacial score (nSPS) is 11.7. The summed E-state index contributed by atoms with van der Waals surface area (Å²) in [6.45, 7) is 10.1. The first-order valence-corrected chi connectivity index (χ1v) is 9.18. The highest BCUT2D eigenvalue weighted by molar-refractivity contribution is 6.09. The van der Waals surface area contributed by atoms with Crippen LogP contribution in [-0.4, -0.2) is 17.7 Å². The van der Waals surface area contributed by atoms with E-state index in [4.69, 9.17) is 9.47 Å². The summed E-state index contributed by atoms with van der Waals surface area (Å²) in [5.74, 6) is -2.41. The molecular formula is C23H25FO5. The second-order valence-corrected chi connectivity index (χ2v) is 8.75. The Bertz CT molecular complexity index is 948. The lowest BCUT2D eigenvalue weighted by atomic mass is 9.97. The fourth-order valence-electron chi connectivity index (χ4n) is 2.12. The molecule has 0 aliphatic heterocycles. The SMILES string of the molecule is CC(C)(C)C(=O)Oc1ccc(C(=O)c2ccccc2F)cc1OC(=O)C(C)(C)C. The molecule has 0 N–H and O–H groups in total. The number of rotatable bonds is 4. The molecule has 0 atom stereocenters. The molecule has 0 spiro atoms. The van der Waals surface area contributed by atoms with E-state index < -0.39 is 34.4 Å². The number of esters is 2. The molecule has 29 heavy (non-hydrogen) atoms. The number of carbonyl (C=O) groups is 3. The van der Waals surface area contributed by atoms with Gasteiger partial charge in [-0.05, 0) is 71.9 Å². The van der Waals surface area contributed by atoms with Gasteiger partial charge in [0.2, 0.25) is 0 Å². The quantitative estimate of drug-likeness (QED) is 0.412. The van der Waals surface area contributed by atoms with E-state index in [0.29, 0.717) is 0 Å². The van der Waals surface area contributed by atoms with Crippen LogP contribution in [0.1, 0.15) is 57.5 Å². The van der Waals surface area contributed by atoms with Gasteiger partial charge in [-0.2, -0.15) is 0 Å². The molecule has 2 rings (SSSR count). The van der Waals surface area contributed by atoms with E-state index in [1.165, 1.54) is 36.4 Å². The van der Waals surface area contributed by atoms with E-state index >= 15 is 0 Å². The third kappa shape index (κ3) is 5.50. The Kier molecular flexibility index (Phi) is 6.26. The highest BCUT2D eigenvalue weighted by Crippen LogP contribution is 2.33. The van der Waals surface area contributed by atoms with Gasteiger partial charge in [-0.3, -0.25) is 14.4 Å². The molecule has 0 aliphatic carbocycles. The number of ether oxygens (including phenoxy) is 2. The van der Waals surface area contributed by atoms with E-state index in [1.807, 2.05) is 0 Å². The summed E-state index contributed by atoms with van der Waals surface area (Å²) in [5, 5.41) is 0. The van der Waals surface area contributed by atoms with Gasteiger partial charge in [-0.1, -0.05) is 12.1 Å². The van der Waals surface area contributed by atoms with Gasteiger partial charge >= 0.3 is 11.9 Å². The van der Waals surface area contributed by atoms with Crippen LogP contribution in [-0.2, 0) is 9.59 Å². The molecule has 0 amide bonds. The molecule has 0 fully saturated rings. The van der Waals surface area contributed by atoms with Crippen molar-refractivity contribution in [1.29, 1.82) is 0 Å². The van der Waals surface area contributed by atoms with Crippen LogP contribution < -0.4 is 9.47 Å². The molecule has 0 aromatic heterocycles. The molecule has 6 heteroatoms. The molecule has 0 heterocycles. The number of carbonyl (C=O) groups excluding carboxylic acids is 3. The van der Waals surface area contributed by atoms with Crippen LogP contribution in [0.3, 0.4) is 0 Å². The molecule has 0 saturated heterocycles. The largest absolute Gasteiger partial charge is 0.422 e. The second kappa shape index (κ2) is 8.15. The number of benzene rings is 2. The Morgan fingerprint density at radius 1 is 0.759 bits per heavy atom. The van der Waals surface area contributed by atoms with E-state index in [-0.39, 0.29) is 22.6 Å². The number of hydrogen-bond acceptors (Lipinski definition) is 5. The fourth-order valence-corrected chi connectivity index (χ4v) is 2.12. The summed E-state index contributed by atoms with van der Waals surface area (Å²) >= 11 is 0. The van der Waals surface area contributed by atoms with Crippen molar-refractivity contribution >= 4 is 17.7 Å². The number of halogens is 1. The first-order valence-electron chi connectivity index (χ1n) is 9.18. The maximum atomic E-state index is 14.0. The topological polar surface area (TPSA) is 69.7 Å². The summed E-state index contributed by atoms with van der Waals surface area (Å²) in [6.07, 6.45) is 0. The molecule has 2 aromatic carbocycles. The van der Waals surface area contributed by atoms with Gasteiger partial charge in [0.05, 0.1) is 16.4 Å². The monoisotopic (exact) mass is 400 g/mol. The van der Waals surface area contributed by atoms with Crippen molar-refractivity contribution in [3.63, 3.8) is 0 Å². The Morgan fingerprint density at radius 2 is 1.28 bits per heavy atom. The second-order valence-electron chi connectivity index (χ2n) is 8.75. The van der Waals surface area contributed by atoms with E-state index in [0.717, 1.165) is 0 Å². The van der Waals surface area contributed by atoms with E-state index in [1.54, 1.807) is 47.6 Å². The maximum absolute atomic E-state index is 14.0. The van der Waals surface area contributed by atoms with Crippen LogP contribution in [0.2, 0.25) is 0 Å². The maximum Gasteiger partial charge on any atom is 0.316 e. The first-order chi connectivity index (χ1) is 13.3. The van der Waals surface area contributed by atoms with Crippen LogP contribution in [0.4, 0.5) is 4.39 Å². The number of hydrogen-bond donors (Lipinski definition) is 0. The standard InChI is InChI=1S/C23H25FO5/c1-22(2,3)20(26)28-17-12-11-14(13-18(17)29-21(27)23(4,5)6)19(25)15-9-7-8-10-16(15)24/h7-13H,1-6H3. The molecule has 0 bridgehead atoms. The molecule has 0 aliphatic rings. The Balaban J connectivity index is 2.48. The average molecular weight is 400 g/mol. The van der Waals surface area contributed by atoms with Gasteiger partial charge < -0.3 is 9.47 Å². The van der Waals surface area contributed by atoms with Crippen molar-refractivity contribution in [3.05, 3.63) is 59.4 Å². The summed E-state index contributed by atoms with van der Waals surface area (Å²) < 4.78 is 24.8. The van der Waals surface area contributed by atoms with Crippen LogP contribution in [0.25, 0.3) is 0 Å². The third-order valence-corrected chi connectivity index (χ3v) is 3.95. The summed E-state index contributed by atoms with van der Waals surface area (Å²) in [7, 11) is 0. The fraction of sp³-hybridized carbons (Fsp3) is 0.348. The van der Waals surface area contributed by atoms with Gasteiger partial charge in [0.1, 0.15) is 5.82 Å². The molecule has 154 valence electrons. The van der Waals surface area contributed by atoms with Gasteiger partial charge in [0, 0.05) is 5.56 Å². The molecule has 5 nitrogen and oxygen atoms in total. The van der Waals surface area contributed by atoms with E-state index in [2.05, 4.69) is 0 Å². The van der Waals surface area contributed by atoms with Crippen molar-refractivity contribution in [1.82, 2.24) is 0 Å². The smallest absolute Gasteiger partial charge is 0.316 e. The summed E-state index contributed by atoms with van der Waals surface area (Å²) in [5.41, 5.74) is -1.62. The average Bonchev–Trinajstić information content (AvgIpc) is 2.61. The van der Waals surface area contributed by atoms with Gasteiger partial charge in [-0.15, -0.1) is 0 Å². The lowest BCUT2D eigenvalue weighted by Gasteiger charge is -2.20. The summed E-state index contributed by atoms with van der Waals surface area (Å²) in [6, 6.07) is 9.63. The zero-order valence-electron chi connectivity index (χ0n) is 17.5. The predicted molar refractivity (Wildman–Crippen MR) is 106 cm³/mol. The summed E-state index contributed by atoms with van der Waals surface area (Å²) in [4.78, 5) is 37.3. The lowest BCUT2D eigenvalue weighted by molar-refractivity contribution is -0.145. The molecular weight excluding hydrogens is 375 g/mol. The first kappa shape index (κ1) is 22.3. The minimum Gasteiger partial charge on any atom is -0.422 e. The zero-order valence-corrected chi connectivity index (χ0v) is 17.5. The van der Waals surface area contributed by atoms with Gasteiger partial charge in [0.15, 0.2) is 17.3 Å². The van der Waals surface area contributed by atoms with Crippen molar-refractivity contribution in [3.8, 4) is 11.5 Å². The van der Waals surface area contributed by atoms with Crippen molar-refractivity contribution in [2.75, 3.05) is 0 Å². The Hall–Kier alpha value is -3.02. The van der Waals surface area contributed by atoms with Crippen LogP contribution in [0.5, 0.6) is 11.5 Å². The highest BCUT2D eigenvalue weighted by atomic mass is 19.1. The Morgan fingerprint density at radius 3 is 1.79 bits per heavy atom. The molecule has 2 aromatic rings. The van der Waals surface area contributed by atoms with E-state index in [9.17, 15) is 18.8 Å². The third-order valence-electron chi connectivity index (χ3n) is 3.95. The molecule has 0 radical (unpaired) electrons. The van der Waals surface area contributed by atoms with Crippen LogP contribution in [0, 0.1) is 16.6 Å². The molecule has 0 saturated carbocycles. The zero-order chi connectivity index (χ0) is 22.0. The minimum absolute atomic E-state index is 0.00705. The van der Waals surface area contributed by atoms with Crippen molar-refractivity contribution < 1.29 is 28.2 Å². The lowest BCUT2D eigenvalue weighted by Crippen LogP contribution is -2.28. The predicted octanol–water partition coefficient (Wildman–Crippen LogP) is 4.96. The van der Waals surface area contributed by atoms with Crippen LogP contribution in [0.15, 0.2) is 42.5 Å². The number of ketones is 1. The van der Waals surface area contributed by atoms with Gasteiger partial charge in [0.25, 0.3) is 0 Å². The minimum atomic E-state index is -0.823. The van der Waals surface area contributed by atoms with Crippen molar-refractivity contribution in [2.24, 2.45) is 10.8 Å².